The van der Waals surface area contributed by atoms with Crippen LogP contribution < -0.4 is 0 Å². The van der Waals surface area contributed by atoms with Crippen LogP contribution in [0.3, 0.4) is 0 Å². The van der Waals surface area contributed by atoms with E-state index in [2.05, 4.69) is 16.8 Å². The smallest absolute Gasteiger partial charge is 0.369 e. The lowest BCUT2D eigenvalue weighted by Crippen LogP contribution is -2.24. The van der Waals surface area contributed by atoms with Crippen molar-refractivity contribution < 1.29 is 29.1 Å². The predicted octanol–water partition coefficient (Wildman–Crippen LogP) is 7.94. The summed E-state index contributed by atoms with van der Waals surface area (Å²) < 4.78 is 5.08. The molecule has 0 unspecified atom stereocenters. The summed E-state index contributed by atoms with van der Waals surface area (Å²) in [5.74, 6) is -1.40. The normalized spacial score (nSPS) is 11.8. The minimum Gasteiger partial charge on any atom is -0.463 e. The number of ether oxygens (including phenoxy) is 1. The Kier molecular flexibility index (Phi) is 21.4. The maximum absolute atomic E-state index is 11.6. The second kappa shape index (κ2) is 22.4. The van der Waals surface area contributed by atoms with Gasteiger partial charge >= 0.3 is 11.9 Å². The molecule has 6 nitrogen and oxygen atoms in total. The second-order valence-corrected chi connectivity index (χ2v) is 9.47. The third-order valence-electron chi connectivity index (χ3n) is 5.82. The first-order chi connectivity index (χ1) is 15.9. The molecule has 0 aliphatic heterocycles. The van der Waals surface area contributed by atoms with E-state index in [0.29, 0.717) is 13.0 Å². The molecule has 194 valence electrons. The molecule has 0 aromatic carbocycles. The van der Waals surface area contributed by atoms with Crippen molar-refractivity contribution in [3.63, 3.8) is 0 Å². The first-order valence-electron chi connectivity index (χ1n) is 13.3. The van der Waals surface area contributed by atoms with Crippen LogP contribution in [0.4, 0.5) is 0 Å². The fraction of sp³-hybridized carbons (Fsp3) is 0.852. The maximum Gasteiger partial charge on any atom is 0.369 e. The fourth-order valence-corrected chi connectivity index (χ4v) is 3.24. The number of unbranched alkanes of at least 4 members (excludes halogenated alkanes) is 15. The Hall–Kier alpha value is -1.40. The van der Waals surface area contributed by atoms with E-state index in [4.69, 9.17) is 9.62 Å². The summed E-state index contributed by atoms with van der Waals surface area (Å²) in [6.07, 6.45) is 23.5. The van der Waals surface area contributed by atoms with Crippen LogP contribution in [0.1, 0.15) is 137 Å². The van der Waals surface area contributed by atoms with Gasteiger partial charge in [0.15, 0.2) is 0 Å². The summed E-state index contributed by atoms with van der Waals surface area (Å²) in [6, 6.07) is 0. The predicted molar refractivity (Wildman–Crippen MR) is 132 cm³/mol. The quantitative estimate of drug-likeness (QED) is 0.0496. The van der Waals surface area contributed by atoms with Crippen LogP contribution in [0.2, 0.25) is 0 Å². The number of hydrogen-bond acceptors (Lipinski definition) is 6. The number of carbonyl (C=O) groups excluding carboxylic acids is 2. The summed E-state index contributed by atoms with van der Waals surface area (Å²) in [4.78, 5) is 32.4. The molecule has 0 N–H and O–H groups in total. The second-order valence-electron chi connectivity index (χ2n) is 9.47. The molecule has 0 rings (SSSR count). The van der Waals surface area contributed by atoms with Gasteiger partial charge in [-0.1, -0.05) is 110 Å². The van der Waals surface area contributed by atoms with Crippen molar-refractivity contribution in [2.45, 2.75) is 142 Å². The molecule has 6 heteroatoms. The van der Waals surface area contributed by atoms with Gasteiger partial charge in [0.05, 0.1) is 6.61 Å². The zero-order chi connectivity index (χ0) is 24.6. The molecule has 0 heterocycles. The number of esters is 1. The molecule has 0 radical (unpaired) electrons. The molecule has 0 aromatic rings. The van der Waals surface area contributed by atoms with Gasteiger partial charge < -0.3 is 4.74 Å². The molecule has 0 fully saturated rings. The minimum atomic E-state index is -0.832. The lowest BCUT2D eigenvalue weighted by Gasteiger charge is -2.19. The molecule has 0 amide bonds. The minimum absolute atomic E-state index is 0.362. The summed E-state index contributed by atoms with van der Waals surface area (Å²) in [5.41, 5.74) is -0.560. The third kappa shape index (κ3) is 23.6. The van der Waals surface area contributed by atoms with E-state index in [1.807, 2.05) is 6.92 Å². The van der Waals surface area contributed by atoms with Crippen LogP contribution in [-0.4, -0.2) is 24.1 Å². The topological polar surface area (TPSA) is 71.1 Å². The molecule has 0 aliphatic rings. The highest BCUT2D eigenvalue weighted by Crippen LogP contribution is 2.14. The average Bonchev–Trinajstić information content (AvgIpc) is 2.79. The third-order valence-corrected chi connectivity index (χ3v) is 5.82. The molecule has 0 spiro atoms. The maximum atomic E-state index is 11.6. The van der Waals surface area contributed by atoms with Crippen LogP contribution in [0.15, 0.2) is 12.2 Å². The highest BCUT2D eigenvalue weighted by atomic mass is 17.5. The van der Waals surface area contributed by atoms with Gasteiger partial charge in [-0.05, 0) is 31.7 Å². The highest BCUT2D eigenvalue weighted by Gasteiger charge is 2.18. The van der Waals surface area contributed by atoms with Crippen molar-refractivity contribution in [1.29, 1.82) is 0 Å². The Morgan fingerprint density at radius 3 is 1.52 bits per heavy atom. The van der Waals surface area contributed by atoms with Gasteiger partial charge in [-0.25, -0.2) is 9.59 Å². The number of hydrogen-bond donors (Lipinski definition) is 0. The van der Waals surface area contributed by atoms with Gasteiger partial charge in [0.25, 0.3) is 0 Å². The fourth-order valence-electron chi connectivity index (χ4n) is 3.24. The van der Waals surface area contributed by atoms with Crippen molar-refractivity contribution in [3.05, 3.63) is 12.2 Å². The van der Waals surface area contributed by atoms with Crippen molar-refractivity contribution in [3.8, 4) is 0 Å². The molecule has 0 bridgehead atoms. The van der Waals surface area contributed by atoms with Crippen LogP contribution in [0, 0.1) is 0 Å². The summed E-state index contributed by atoms with van der Waals surface area (Å²) in [5, 5.41) is 4.43. The lowest BCUT2D eigenvalue weighted by molar-refractivity contribution is -0.515. The monoisotopic (exact) mass is 470 g/mol. The van der Waals surface area contributed by atoms with Gasteiger partial charge in [-0.15, -0.1) is 0 Å². The molecule has 33 heavy (non-hydrogen) atoms. The SMILES string of the molecule is CCCCCCCCCCCCCCCCCCOC(=O)C=CC(=O)OOOC(C)(C)CC. The van der Waals surface area contributed by atoms with Crippen molar-refractivity contribution >= 4 is 11.9 Å². The first kappa shape index (κ1) is 31.6. The number of rotatable bonds is 23. The Morgan fingerprint density at radius 2 is 1.06 bits per heavy atom. The molecule has 0 aliphatic carbocycles. The van der Waals surface area contributed by atoms with Crippen LogP contribution in [0.5, 0.6) is 0 Å². The van der Waals surface area contributed by atoms with E-state index in [1.54, 1.807) is 13.8 Å². The van der Waals surface area contributed by atoms with Crippen molar-refractivity contribution in [1.82, 2.24) is 0 Å². The summed E-state index contributed by atoms with van der Waals surface area (Å²) in [6.45, 7) is 8.14. The van der Waals surface area contributed by atoms with Gasteiger partial charge in [0, 0.05) is 12.2 Å². The molecular weight excluding hydrogens is 420 g/mol. The van der Waals surface area contributed by atoms with E-state index < -0.39 is 17.5 Å². The standard InChI is InChI=1S/C27H50O6/c1-5-7-8-9-10-11-12-13-14-15-16-17-18-19-20-21-24-30-25(28)22-23-26(29)31-33-32-27(3,4)6-2/h22-23H,5-21,24H2,1-4H3. The summed E-state index contributed by atoms with van der Waals surface area (Å²) in [7, 11) is 0. The first-order valence-corrected chi connectivity index (χ1v) is 13.3. The van der Waals surface area contributed by atoms with Crippen molar-refractivity contribution in [2.24, 2.45) is 0 Å². The summed E-state index contributed by atoms with van der Waals surface area (Å²) >= 11 is 0. The van der Waals surface area contributed by atoms with E-state index in [1.165, 1.54) is 89.9 Å². The van der Waals surface area contributed by atoms with Crippen molar-refractivity contribution in [2.75, 3.05) is 6.61 Å². The number of carbonyl (C=O) groups is 2. The Bertz CT molecular complexity index is 501. The molecule has 0 saturated heterocycles. The Balaban J connectivity index is 3.40. The largest absolute Gasteiger partial charge is 0.463 e. The van der Waals surface area contributed by atoms with Crippen LogP contribution in [0.25, 0.3) is 0 Å². The van der Waals surface area contributed by atoms with Gasteiger partial charge in [0.2, 0.25) is 0 Å². The van der Waals surface area contributed by atoms with Crippen LogP contribution >= 0.6 is 0 Å². The lowest BCUT2D eigenvalue weighted by atomic mass is 10.0. The molecule has 0 saturated carbocycles. The van der Waals surface area contributed by atoms with Crippen LogP contribution in [-0.2, 0) is 29.1 Å². The molecule has 0 aromatic heterocycles. The molecule has 0 atom stereocenters. The van der Waals surface area contributed by atoms with E-state index >= 15 is 0 Å². The van der Waals surface area contributed by atoms with E-state index in [-0.39, 0.29) is 0 Å². The highest BCUT2D eigenvalue weighted by molar-refractivity contribution is 5.91. The Morgan fingerprint density at radius 1 is 0.636 bits per heavy atom. The van der Waals surface area contributed by atoms with Gasteiger partial charge in [0.1, 0.15) is 5.60 Å². The van der Waals surface area contributed by atoms with Gasteiger partial charge in [-0.2, -0.15) is 4.89 Å². The van der Waals surface area contributed by atoms with E-state index in [9.17, 15) is 9.59 Å². The van der Waals surface area contributed by atoms with E-state index in [0.717, 1.165) is 25.0 Å². The Labute approximate surface area is 202 Å². The zero-order valence-electron chi connectivity index (χ0n) is 21.8. The van der Waals surface area contributed by atoms with Gasteiger partial charge in [-0.3, -0.25) is 4.89 Å². The zero-order valence-corrected chi connectivity index (χ0v) is 21.8. The molecular formula is C27H50O6. The average molecular weight is 471 g/mol.